The summed E-state index contributed by atoms with van der Waals surface area (Å²) in [6.45, 7) is 0.326. The van der Waals surface area contributed by atoms with Crippen LogP contribution in [0.1, 0.15) is 5.56 Å². The third-order valence-corrected chi connectivity index (χ3v) is 3.12. The quantitative estimate of drug-likeness (QED) is 0.937. The molecule has 22 heavy (non-hydrogen) atoms. The molecule has 2 aromatic rings. The van der Waals surface area contributed by atoms with Crippen LogP contribution < -0.4 is 10.1 Å². The number of carbonyl (C=O) groups excluding carboxylic acids is 1. The summed E-state index contributed by atoms with van der Waals surface area (Å²) in [5, 5.41) is 2.34. The van der Waals surface area contributed by atoms with Crippen molar-refractivity contribution in [1.29, 1.82) is 0 Å². The molecule has 0 aliphatic carbocycles. The third-order valence-electron chi connectivity index (χ3n) is 3.12. The molecule has 2 amide bonds. The van der Waals surface area contributed by atoms with E-state index < -0.39 is 17.7 Å². The van der Waals surface area contributed by atoms with Gasteiger partial charge in [-0.05, 0) is 29.8 Å². The zero-order chi connectivity index (χ0) is 16.1. The van der Waals surface area contributed by atoms with Gasteiger partial charge in [0.2, 0.25) is 0 Å². The fraction of sp³-hybridized carbons (Fsp3) is 0.188. The zero-order valence-electron chi connectivity index (χ0n) is 12.3. The summed E-state index contributed by atoms with van der Waals surface area (Å²) in [6, 6.07) is 10.3. The Morgan fingerprint density at radius 1 is 1.18 bits per heavy atom. The molecule has 0 unspecified atom stereocenters. The van der Waals surface area contributed by atoms with Crippen molar-refractivity contribution in [2.75, 3.05) is 19.5 Å². The molecule has 0 aliphatic heterocycles. The molecule has 6 heteroatoms. The van der Waals surface area contributed by atoms with E-state index in [9.17, 15) is 13.6 Å². The summed E-state index contributed by atoms with van der Waals surface area (Å²) in [5.74, 6) is -1.36. The van der Waals surface area contributed by atoms with E-state index in [1.54, 1.807) is 26.3 Å². The molecule has 0 aliphatic rings. The summed E-state index contributed by atoms with van der Waals surface area (Å²) in [4.78, 5) is 13.4. The lowest BCUT2D eigenvalue weighted by Crippen LogP contribution is -2.31. The number of anilines is 1. The third kappa shape index (κ3) is 3.72. The molecule has 0 saturated carbocycles. The summed E-state index contributed by atoms with van der Waals surface area (Å²) in [6.07, 6.45) is 0. The monoisotopic (exact) mass is 306 g/mol. The van der Waals surface area contributed by atoms with Crippen molar-refractivity contribution in [3.8, 4) is 5.75 Å². The second-order valence-corrected chi connectivity index (χ2v) is 4.74. The number of nitrogens with zero attached hydrogens (tertiary/aromatic N) is 1. The number of hydrogen-bond donors (Lipinski definition) is 1. The van der Waals surface area contributed by atoms with Gasteiger partial charge >= 0.3 is 6.03 Å². The van der Waals surface area contributed by atoms with Crippen LogP contribution >= 0.6 is 0 Å². The number of nitrogens with one attached hydrogen (secondary N) is 1. The fourth-order valence-corrected chi connectivity index (χ4v) is 1.89. The lowest BCUT2D eigenvalue weighted by Gasteiger charge is -2.18. The molecule has 0 bridgehead atoms. The number of hydrogen-bond acceptors (Lipinski definition) is 2. The Morgan fingerprint density at radius 3 is 2.50 bits per heavy atom. The SMILES string of the molecule is COc1ccc(CN(C)C(=O)Nc2cccc(F)c2F)cc1. The van der Waals surface area contributed by atoms with Crippen LogP contribution in [0.3, 0.4) is 0 Å². The van der Waals surface area contributed by atoms with Crippen molar-refractivity contribution >= 4 is 11.7 Å². The topological polar surface area (TPSA) is 41.6 Å². The molecule has 0 saturated heterocycles. The average Bonchev–Trinajstić information content (AvgIpc) is 2.52. The number of benzene rings is 2. The summed E-state index contributed by atoms with van der Waals surface area (Å²) in [5.41, 5.74) is 0.699. The first-order valence-corrected chi connectivity index (χ1v) is 6.60. The van der Waals surface area contributed by atoms with E-state index in [2.05, 4.69) is 5.32 Å². The highest BCUT2D eigenvalue weighted by Gasteiger charge is 2.14. The second-order valence-electron chi connectivity index (χ2n) is 4.74. The maximum absolute atomic E-state index is 13.5. The zero-order valence-corrected chi connectivity index (χ0v) is 12.3. The smallest absolute Gasteiger partial charge is 0.321 e. The number of methoxy groups -OCH3 is 1. The van der Waals surface area contributed by atoms with Crippen molar-refractivity contribution in [2.45, 2.75) is 6.54 Å². The van der Waals surface area contributed by atoms with Gasteiger partial charge in [-0.15, -0.1) is 0 Å². The summed E-state index contributed by atoms with van der Waals surface area (Å²) in [7, 11) is 3.14. The van der Waals surface area contributed by atoms with Crippen molar-refractivity contribution in [3.05, 3.63) is 59.7 Å². The number of amides is 2. The molecule has 4 nitrogen and oxygen atoms in total. The number of urea groups is 1. The summed E-state index contributed by atoms with van der Waals surface area (Å²) >= 11 is 0. The number of rotatable bonds is 4. The molecular formula is C16H16F2N2O2. The number of ether oxygens (including phenoxy) is 1. The van der Waals surface area contributed by atoms with Crippen LogP contribution in [-0.4, -0.2) is 25.1 Å². The first-order valence-electron chi connectivity index (χ1n) is 6.60. The second kappa shape index (κ2) is 6.89. The predicted octanol–water partition coefficient (Wildman–Crippen LogP) is 3.64. The van der Waals surface area contributed by atoms with E-state index >= 15 is 0 Å². The minimum absolute atomic E-state index is 0.188. The molecule has 0 heterocycles. The Bertz CT molecular complexity index is 660. The Hall–Kier alpha value is -2.63. The number of halogens is 2. The fourth-order valence-electron chi connectivity index (χ4n) is 1.89. The highest BCUT2D eigenvalue weighted by atomic mass is 19.2. The van der Waals surface area contributed by atoms with Gasteiger partial charge in [0.15, 0.2) is 11.6 Å². The Labute approximate surface area is 127 Å². The van der Waals surface area contributed by atoms with Crippen LogP contribution in [0, 0.1) is 11.6 Å². The minimum atomic E-state index is -1.08. The molecule has 2 rings (SSSR count). The molecule has 2 aromatic carbocycles. The van der Waals surface area contributed by atoms with E-state index in [0.717, 1.165) is 17.4 Å². The van der Waals surface area contributed by atoms with Gasteiger partial charge < -0.3 is 15.0 Å². The molecule has 0 fully saturated rings. The Morgan fingerprint density at radius 2 is 1.86 bits per heavy atom. The van der Waals surface area contributed by atoms with Crippen molar-refractivity contribution in [2.24, 2.45) is 0 Å². The highest BCUT2D eigenvalue weighted by Crippen LogP contribution is 2.17. The number of carbonyl (C=O) groups is 1. The van der Waals surface area contributed by atoms with Crippen molar-refractivity contribution < 1.29 is 18.3 Å². The minimum Gasteiger partial charge on any atom is -0.497 e. The molecule has 116 valence electrons. The van der Waals surface area contributed by atoms with E-state index in [1.165, 1.54) is 17.0 Å². The van der Waals surface area contributed by atoms with Crippen LogP contribution in [0.5, 0.6) is 5.75 Å². The first-order chi connectivity index (χ1) is 10.5. The maximum atomic E-state index is 13.5. The van der Waals surface area contributed by atoms with E-state index in [-0.39, 0.29) is 5.69 Å². The van der Waals surface area contributed by atoms with Crippen LogP contribution in [0.4, 0.5) is 19.3 Å². The molecule has 1 N–H and O–H groups in total. The average molecular weight is 306 g/mol. The van der Waals surface area contributed by atoms with Crippen LogP contribution in [0.25, 0.3) is 0 Å². The van der Waals surface area contributed by atoms with Gasteiger partial charge in [-0.3, -0.25) is 0 Å². The van der Waals surface area contributed by atoms with Crippen LogP contribution in [0.2, 0.25) is 0 Å². The molecular weight excluding hydrogens is 290 g/mol. The van der Waals surface area contributed by atoms with Crippen LogP contribution in [-0.2, 0) is 6.54 Å². The van der Waals surface area contributed by atoms with Crippen molar-refractivity contribution in [1.82, 2.24) is 4.90 Å². The van der Waals surface area contributed by atoms with E-state index in [0.29, 0.717) is 6.54 Å². The van der Waals surface area contributed by atoms with Crippen LogP contribution in [0.15, 0.2) is 42.5 Å². The van der Waals surface area contributed by atoms with Gasteiger partial charge in [0.1, 0.15) is 5.75 Å². The predicted molar refractivity (Wildman–Crippen MR) is 79.8 cm³/mol. The molecule has 0 radical (unpaired) electrons. The lowest BCUT2D eigenvalue weighted by molar-refractivity contribution is 0.220. The van der Waals surface area contributed by atoms with Gasteiger partial charge in [0.25, 0.3) is 0 Å². The van der Waals surface area contributed by atoms with Crippen molar-refractivity contribution in [3.63, 3.8) is 0 Å². The van der Waals surface area contributed by atoms with E-state index in [4.69, 9.17) is 4.74 Å². The van der Waals surface area contributed by atoms with Gasteiger partial charge in [-0.25, -0.2) is 13.6 Å². The van der Waals surface area contributed by atoms with Gasteiger partial charge in [0.05, 0.1) is 12.8 Å². The highest BCUT2D eigenvalue weighted by molar-refractivity contribution is 5.89. The van der Waals surface area contributed by atoms with Gasteiger partial charge in [0, 0.05) is 13.6 Å². The van der Waals surface area contributed by atoms with Gasteiger partial charge in [-0.1, -0.05) is 18.2 Å². The normalized spacial score (nSPS) is 10.2. The summed E-state index contributed by atoms with van der Waals surface area (Å²) < 4.78 is 31.7. The molecule has 0 spiro atoms. The Kier molecular flexibility index (Phi) is 4.93. The Balaban J connectivity index is 2.01. The lowest BCUT2D eigenvalue weighted by atomic mass is 10.2. The van der Waals surface area contributed by atoms with Gasteiger partial charge in [-0.2, -0.15) is 0 Å². The largest absolute Gasteiger partial charge is 0.497 e. The first kappa shape index (κ1) is 15.8. The standard InChI is InChI=1S/C16H16F2N2O2/c1-20(10-11-6-8-12(22-2)9-7-11)16(21)19-14-5-3-4-13(17)15(14)18/h3-9H,10H2,1-2H3,(H,19,21). The molecule has 0 aromatic heterocycles. The maximum Gasteiger partial charge on any atom is 0.321 e. The van der Waals surface area contributed by atoms with E-state index in [1.807, 2.05) is 12.1 Å². The molecule has 0 atom stereocenters.